The third-order valence-electron chi connectivity index (χ3n) is 7.39. The molecular weight excluding hydrogens is 624 g/mol. The van der Waals surface area contributed by atoms with Gasteiger partial charge in [-0.3, -0.25) is 14.4 Å². The van der Waals surface area contributed by atoms with Crippen molar-refractivity contribution in [2.24, 2.45) is 0 Å². The van der Waals surface area contributed by atoms with Crippen molar-refractivity contribution in [2.75, 3.05) is 40.5 Å². The highest BCUT2D eigenvalue weighted by Gasteiger charge is 2.38. The molecule has 0 saturated carbocycles. The predicted molar refractivity (Wildman–Crippen MR) is 164 cm³/mol. The Morgan fingerprint density at radius 2 is 1.87 bits per heavy atom. The summed E-state index contributed by atoms with van der Waals surface area (Å²) in [4.78, 5) is 40.2. The second kappa shape index (κ2) is 14.2. The standard InChI is InChI=1S/C30H34N4O9S2/c1-40-24-13-21-8-7-20(24)14-31-27(35)10-6-19-5-9-23(25(12-19)41-2)42-18-28(36)33-22-16-34(17-26(22)43-21)29(37)15-32-45(38,39)30-4-3-11-44-30/h3-5,7-9,11-13,22,26,32H,6,10,14-18H2,1-2H3,(H,31,35)(H,33,36)/t22-,26-/m1/s1. The summed E-state index contributed by atoms with van der Waals surface area (Å²) in [6, 6.07) is 12.8. The fourth-order valence-corrected chi connectivity index (χ4v) is 7.04. The van der Waals surface area contributed by atoms with E-state index in [4.69, 9.17) is 18.9 Å². The molecule has 2 aromatic carbocycles. The number of carbonyl (C=O) groups excluding carboxylic acids is 3. The van der Waals surface area contributed by atoms with Gasteiger partial charge in [0.15, 0.2) is 18.1 Å². The Morgan fingerprint density at radius 1 is 1.04 bits per heavy atom. The van der Waals surface area contributed by atoms with Gasteiger partial charge in [0, 0.05) is 31.1 Å². The van der Waals surface area contributed by atoms with E-state index in [1.54, 1.807) is 47.8 Å². The number of sulfonamides is 1. The normalized spacial score (nSPS) is 19.1. The second-order valence-electron chi connectivity index (χ2n) is 10.4. The van der Waals surface area contributed by atoms with Gasteiger partial charge in [-0.25, -0.2) is 13.1 Å². The molecule has 3 aromatic rings. The lowest BCUT2D eigenvalue weighted by Crippen LogP contribution is -2.47. The number of likely N-dealkylation sites (tertiary alicyclic amines) is 1. The van der Waals surface area contributed by atoms with Crippen molar-refractivity contribution in [3.05, 3.63) is 65.0 Å². The number of nitrogens with zero attached hydrogens (tertiary/aromatic N) is 1. The number of methoxy groups -OCH3 is 2. The molecule has 8 rings (SSSR count). The zero-order valence-corrected chi connectivity index (χ0v) is 26.4. The van der Waals surface area contributed by atoms with Crippen LogP contribution in [0.2, 0.25) is 0 Å². The van der Waals surface area contributed by atoms with Crippen LogP contribution in [-0.2, 0) is 37.4 Å². The van der Waals surface area contributed by atoms with Gasteiger partial charge >= 0.3 is 0 Å². The van der Waals surface area contributed by atoms with Crippen LogP contribution in [0.15, 0.2) is 58.1 Å². The largest absolute Gasteiger partial charge is 0.496 e. The number of aryl methyl sites for hydroxylation is 1. The average Bonchev–Trinajstić information content (AvgIpc) is 3.72. The van der Waals surface area contributed by atoms with E-state index in [1.165, 1.54) is 25.2 Å². The number of carbonyl (C=O) groups is 3. The maximum atomic E-state index is 13.1. The van der Waals surface area contributed by atoms with Gasteiger partial charge in [-0.2, -0.15) is 0 Å². The molecule has 5 aliphatic rings. The molecule has 1 fully saturated rings. The van der Waals surface area contributed by atoms with E-state index >= 15 is 0 Å². The molecular formula is C30H34N4O9S2. The number of thiophene rings is 1. The fraction of sp³-hybridized carbons (Fsp3) is 0.367. The molecule has 1 saturated heterocycles. The summed E-state index contributed by atoms with van der Waals surface area (Å²) in [6.45, 7) is -0.390. The molecule has 1 aromatic heterocycles. The predicted octanol–water partition coefficient (Wildman–Crippen LogP) is 1.46. The first-order valence-corrected chi connectivity index (χ1v) is 16.5. The highest BCUT2D eigenvalue weighted by molar-refractivity contribution is 7.91. The maximum absolute atomic E-state index is 13.1. The quantitative estimate of drug-likeness (QED) is 0.356. The van der Waals surface area contributed by atoms with Crippen molar-refractivity contribution < 1.29 is 41.7 Å². The third-order valence-corrected chi connectivity index (χ3v) is 10.2. The molecule has 3 amide bonds. The molecule has 0 radical (unpaired) electrons. The van der Waals surface area contributed by atoms with Crippen LogP contribution in [-0.4, -0.2) is 83.6 Å². The van der Waals surface area contributed by atoms with Crippen molar-refractivity contribution in [3.8, 4) is 23.0 Å². The SMILES string of the molecule is COc1cc2ccc1CNC(=O)CCc1ccc(c(OC)c1)OCC(=O)N[C@@H]1CN(C(=O)CNS(=O)(=O)c3cccs3)C[C@H]1O2. The first-order valence-electron chi connectivity index (χ1n) is 14.2. The summed E-state index contributed by atoms with van der Waals surface area (Å²) in [7, 11) is -0.845. The molecule has 6 heterocycles. The fourth-order valence-electron chi connectivity index (χ4n) is 5.03. The number of benzene rings is 2. The zero-order valence-electron chi connectivity index (χ0n) is 24.7. The van der Waals surface area contributed by atoms with Crippen LogP contribution in [0.1, 0.15) is 17.5 Å². The second-order valence-corrected chi connectivity index (χ2v) is 13.4. The number of nitrogens with one attached hydrogen (secondary N) is 3. The Hall–Kier alpha value is -4.34. The van der Waals surface area contributed by atoms with Crippen molar-refractivity contribution in [1.29, 1.82) is 0 Å². The van der Waals surface area contributed by atoms with E-state index in [2.05, 4.69) is 15.4 Å². The van der Waals surface area contributed by atoms with Gasteiger partial charge in [0.2, 0.25) is 11.8 Å². The number of rotatable bonds is 6. The van der Waals surface area contributed by atoms with Crippen LogP contribution in [0.25, 0.3) is 0 Å². The van der Waals surface area contributed by atoms with Crippen molar-refractivity contribution >= 4 is 39.1 Å². The number of amides is 3. The van der Waals surface area contributed by atoms with Crippen molar-refractivity contribution in [3.63, 3.8) is 0 Å². The van der Waals surface area contributed by atoms with E-state index in [0.717, 1.165) is 22.5 Å². The summed E-state index contributed by atoms with van der Waals surface area (Å²) in [5.74, 6) is 0.625. The van der Waals surface area contributed by atoms with Crippen LogP contribution in [0, 0.1) is 0 Å². The van der Waals surface area contributed by atoms with Gasteiger partial charge in [0.1, 0.15) is 21.8 Å². The van der Waals surface area contributed by atoms with E-state index in [-0.39, 0.29) is 42.8 Å². The molecule has 15 heteroatoms. The zero-order chi connectivity index (χ0) is 32.0. The monoisotopic (exact) mass is 658 g/mol. The maximum Gasteiger partial charge on any atom is 0.258 e. The van der Waals surface area contributed by atoms with Gasteiger partial charge in [-0.05, 0) is 47.7 Å². The van der Waals surface area contributed by atoms with Crippen LogP contribution in [0.5, 0.6) is 23.0 Å². The Labute approximate surface area is 264 Å². The van der Waals surface area contributed by atoms with Gasteiger partial charge in [-0.15, -0.1) is 11.3 Å². The first-order chi connectivity index (χ1) is 21.6. The minimum Gasteiger partial charge on any atom is -0.496 e. The minimum absolute atomic E-state index is 0.0786. The van der Waals surface area contributed by atoms with E-state index in [0.29, 0.717) is 29.4 Å². The smallest absolute Gasteiger partial charge is 0.258 e. The number of ether oxygens (including phenoxy) is 4. The third kappa shape index (κ3) is 8.04. The molecule has 0 spiro atoms. The number of hydrogen-bond acceptors (Lipinski definition) is 10. The number of hydrogen-bond donors (Lipinski definition) is 3. The van der Waals surface area contributed by atoms with E-state index in [1.807, 2.05) is 0 Å². The Morgan fingerprint density at radius 3 is 2.62 bits per heavy atom. The molecule has 5 aliphatic heterocycles. The molecule has 45 heavy (non-hydrogen) atoms. The van der Waals surface area contributed by atoms with Crippen LogP contribution < -0.4 is 34.3 Å². The summed E-state index contributed by atoms with van der Waals surface area (Å²) in [6.07, 6.45) is 0.0467. The average molecular weight is 659 g/mol. The lowest BCUT2D eigenvalue weighted by Gasteiger charge is -2.22. The molecule has 2 atom stereocenters. The van der Waals surface area contributed by atoms with Crippen LogP contribution in [0.4, 0.5) is 0 Å². The molecule has 13 nitrogen and oxygen atoms in total. The van der Waals surface area contributed by atoms with Crippen molar-refractivity contribution in [1.82, 2.24) is 20.3 Å². The molecule has 0 unspecified atom stereocenters. The molecule has 3 N–H and O–H groups in total. The summed E-state index contributed by atoms with van der Waals surface area (Å²) in [5.41, 5.74) is 1.60. The van der Waals surface area contributed by atoms with Gasteiger partial charge in [-0.1, -0.05) is 12.1 Å². The first kappa shape index (κ1) is 32.1. The van der Waals surface area contributed by atoms with E-state index < -0.39 is 40.5 Å². The highest BCUT2D eigenvalue weighted by Crippen LogP contribution is 2.30. The Kier molecular flexibility index (Phi) is 10.1. The summed E-state index contributed by atoms with van der Waals surface area (Å²) < 4.78 is 50.5. The summed E-state index contributed by atoms with van der Waals surface area (Å²) in [5, 5.41) is 7.44. The molecule has 4 bridgehead atoms. The van der Waals surface area contributed by atoms with Gasteiger partial charge in [0.05, 0.1) is 33.4 Å². The summed E-state index contributed by atoms with van der Waals surface area (Å²) >= 11 is 1.05. The van der Waals surface area contributed by atoms with Crippen LogP contribution >= 0.6 is 11.3 Å². The van der Waals surface area contributed by atoms with Crippen LogP contribution in [0.3, 0.4) is 0 Å². The van der Waals surface area contributed by atoms with Crippen molar-refractivity contribution in [2.45, 2.75) is 35.7 Å². The minimum atomic E-state index is -3.84. The topological polar surface area (TPSA) is 162 Å². The lowest BCUT2D eigenvalue weighted by molar-refractivity contribution is -0.129. The highest BCUT2D eigenvalue weighted by atomic mass is 32.2. The lowest BCUT2D eigenvalue weighted by atomic mass is 10.1. The van der Waals surface area contributed by atoms with Gasteiger partial charge in [0.25, 0.3) is 15.9 Å². The Balaban J connectivity index is 1.36. The van der Waals surface area contributed by atoms with Gasteiger partial charge < -0.3 is 34.5 Å². The van der Waals surface area contributed by atoms with E-state index in [9.17, 15) is 22.8 Å². The molecule has 0 aliphatic carbocycles. The molecule has 240 valence electrons. The Bertz CT molecular complexity index is 1650.